The van der Waals surface area contributed by atoms with Crippen LogP contribution in [0.2, 0.25) is 0 Å². The number of carbonyl (C=O) groups excluding carboxylic acids is 1. The Bertz CT molecular complexity index is 1860. The van der Waals surface area contributed by atoms with Gasteiger partial charge in [-0.2, -0.15) is 13.2 Å². The maximum atomic E-state index is 16.0. The van der Waals surface area contributed by atoms with E-state index in [0.717, 1.165) is 21.3 Å². The maximum Gasteiger partial charge on any atom is 0.416 e. The molecule has 1 aliphatic rings. The van der Waals surface area contributed by atoms with E-state index in [1.165, 1.54) is 36.9 Å². The number of hydrogen-bond acceptors (Lipinski definition) is 5. The average molecular weight is 629 g/mol. The van der Waals surface area contributed by atoms with Crippen LogP contribution in [0.15, 0.2) is 76.3 Å². The van der Waals surface area contributed by atoms with Gasteiger partial charge in [0.1, 0.15) is 11.9 Å². The lowest BCUT2D eigenvalue weighted by molar-refractivity contribution is -0.138. The molecular weight excluding hydrogens is 599 g/mol. The summed E-state index contributed by atoms with van der Waals surface area (Å²) in [7, 11) is 0. The number of hydrogen-bond donors (Lipinski definition) is 1. The molecule has 3 aromatic carbocycles. The van der Waals surface area contributed by atoms with Gasteiger partial charge < -0.3 is 15.4 Å². The maximum absolute atomic E-state index is 16.0. The van der Waals surface area contributed by atoms with Crippen LogP contribution in [0, 0.1) is 18.6 Å². The van der Waals surface area contributed by atoms with Crippen LogP contribution in [-0.4, -0.2) is 39.1 Å². The van der Waals surface area contributed by atoms with Gasteiger partial charge in [-0.1, -0.05) is 48.5 Å². The lowest BCUT2D eigenvalue weighted by Crippen LogP contribution is -2.55. The van der Waals surface area contributed by atoms with Crippen molar-refractivity contribution in [2.24, 2.45) is 5.73 Å². The van der Waals surface area contributed by atoms with Crippen molar-refractivity contribution in [1.82, 2.24) is 14.0 Å². The van der Waals surface area contributed by atoms with Crippen LogP contribution in [0.5, 0.6) is 5.75 Å². The third-order valence-electron chi connectivity index (χ3n) is 7.85. The Hall–Kier alpha value is -4.78. The number of nitrogens with two attached hydrogens (primary N) is 1. The molecule has 1 fully saturated rings. The molecule has 0 spiro atoms. The lowest BCUT2D eigenvalue weighted by Gasteiger charge is -2.38. The lowest BCUT2D eigenvalue weighted by atomic mass is 10.0. The van der Waals surface area contributed by atoms with E-state index in [1.807, 2.05) is 0 Å². The highest BCUT2D eigenvalue weighted by Crippen LogP contribution is 2.34. The number of halogens is 5. The summed E-state index contributed by atoms with van der Waals surface area (Å²) < 4.78 is 79.8. The van der Waals surface area contributed by atoms with Crippen molar-refractivity contribution in [3.05, 3.63) is 122 Å². The third-order valence-corrected chi connectivity index (χ3v) is 7.85. The van der Waals surface area contributed by atoms with Gasteiger partial charge in [0.2, 0.25) is 5.91 Å². The topological polar surface area (TPSA) is 99.6 Å². The Morgan fingerprint density at radius 2 is 1.64 bits per heavy atom. The highest BCUT2D eigenvalue weighted by molar-refractivity contribution is 5.74. The van der Waals surface area contributed by atoms with Crippen LogP contribution >= 0.6 is 0 Å². The molecule has 0 aliphatic carbocycles. The van der Waals surface area contributed by atoms with E-state index >= 15 is 4.39 Å². The number of alkyl halides is 3. The smallest absolute Gasteiger partial charge is 0.416 e. The van der Waals surface area contributed by atoms with Crippen LogP contribution < -0.4 is 21.7 Å². The van der Waals surface area contributed by atoms with Gasteiger partial charge in [0.05, 0.1) is 37.3 Å². The molecular formula is C32H29F5N4O4. The summed E-state index contributed by atoms with van der Waals surface area (Å²) in [6, 6.07) is 14.0. The van der Waals surface area contributed by atoms with Gasteiger partial charge in [0.15, 0.2) is 11.6 Å². The van der Waals surface area contributed by atoms with E-state index in [9.17, 15) is 31.9 Å². The monoisotopic (exact) mass is 628 g/mol. The Labute approximate surface area is 254 Å². The second-order valence-electron chi connectivity index (χ2n) is 10.8. The second kappa shape index (κ2) is 12.3. The summed E-state index contributed by atoms with van der Waals surface area (Å²) in [4.78, 5) is 40.7. The number of nitrogens with zero attached hydrogens (tertiary/aromatic N) is 3. The average Bonchev–Trinajstić information content (AvgIpc) is 2.96. The highest BCUT2D eigenvalue weighted by atomic mass is 19.4. The molecule has 1 aliphatic heterocycles. The molecule has 0 saturated carbocycles. The first kappa shape index (κ1) is 31.6. The molecule has 1 unspecified atom stereocenters. The summed E-state index contributed by atoms with van der Waals surface area (Å²) in [5.41, 5.74) is 1.99. The van der Waals surface area contributed by atoms with Crippen molar-refractivity contribution in [2.45, 2.75) is 45.3 Å². The molecule has 1 amide bonds. The van der Waals surface area contributed by atoms with Gasteiger partial charge in [-0.25, -0.2) is 13.6 Å². The first-order chi connectivity index (χ1) is 21.3. The number of amides is 1. The number of rotatable bonds is 8. The molecule has 2 heterocycles. The van der Waals surface area contributed by atoms with E-state index in [4.69, 9.17) is 10.5 Å². The van der Waals surface area contributed by atoms with Gasteiger partial charge in [-0.05, 0) is 30.7 Å². The van der Waals surface area contributed by atoms with Gasteiger partial charge in [-0.3, -0.25) is 18.7 Å². The first-order valence-corrected chi connectivity index (χ1v) is 14.0. The van der Waals surface area contributed by atoms with E-state index in [-0.39, 0.29) is 41.6 Å². The number of aromatic nitrogens is 2. The zero-order valence-electron chi connectivity index (χ0n) is 24.3. The van der Waals surface area contributed by atoms with Crippen molar-refractivity contribution in [3.8, 4) is 16.9 Å². The minimum atomic E-state index is -4.95. The van der Waals surface area contributed by atoms with E-state index in [1.54, 1.807) is 30.3 Å². The molecule has 1 atom stereocenters. The Kier molecular flexibility index (Phi) is 8.66. The summed E-state index contributed by atoms with van der Waals surface area (Å²) >= 11 is 0. The minimum Gasteiger partial charge on any atom is -0.484 e. The fourth-order valence-electron chi connectivity index (χ4n) is 5.35. The van der Waals surface area contributed by atoms with Crippen molar-refractivity contribution >= 4 is 5.91 Å². The van der Waals surface area contributed by atoms with Crippen LogP contribution in [0.25, 0.3) is 11.1 Å². The standard InChI is InChI=1S/C32H29F5N4O4/c1-18-28(22-10-6-13-27(29(22)34)45-21-14-39(15-21)19(2)42)30(43)41(17-26(38)20-8-4-3-5-9-20)31(44)40(18)16-23-24(32(35,36)37)11-7-12-25(23)33/h3-13,21,26H,14-17,38H2,1-2H3. The predicted octanol–water partition coefficient (Wildman–Crippen LogP) is 4.64. The Morgan fingerprint density at radius 3 is 2.29 bits per heavy atom. The number of carbonyl (C=O) groups is 1. The first-order valence-electron chi connectivity index (χ1n) is 14.0. The fourth-order valence-corrected chi connectivity index (χ4v) is 5.35. The molecule has 1 aromatic heterocycles. The second-order valence-corrected chi connectivity index (χ2v) is 10.8. The van der Waals surface area contributed by atoms with Crippen LogP contribution in [0.1, 0.15) is 35.3 Å². The normalized spacial score (nSPS) is 14.3. The highest BCUT2D eigenvalue weighted by Gasteiger charge is 2.35. The molecule has 8 nitrogen and oxygen atoms in total. The van der Waals surface area contributed by atoms with Crippen molar-refractivity contribution in [1.29, 1.82) is 0 Å². The van der Waals surface area contributed by atoms with Gasteiger partial charge in [0.25, 0.3) is 5.56 Å². The van der Waals surface area contributed by atoms with Crippen LogP contribution in [0.3, 0.4) is 0 Å². The molecule has 4 aromatic rings. The number of ether oxygens (including phenoxy) is 1. The molecule has 236 valence electrons. The van der Waals surface area contributed by atoms with E-state index in [0.29, 0.717) is 11.6 Å². The number of likely N-dealkylation sites (tertiary alicyclic amines) is 1. The summed E-state index contributed by atoms with van der Waals surface area (Å²) in [6.07, 6.45) is -5.45. The summed E-state index contributed by atoms with van der Waals surface area (Å²) in [5, 5.41) is 0. The van der Waals surface area contributed by atoms with E-state index in [2.05, 4.69) is 0 Å². The van der Waals surface area contributed by atoms with Gasteiger partial charge in [-0.15, -0.1) is 0 Å². The molecule has 45 heavy (non-hydrogen) atoms. The Morgan fingerprint density at radius 1 is 0.978 bits per heavy atom. The van der Waals surface area contributed by atoms with Gasteiger partial charge in [0, 0.05) is 29.8 Å². The molecule has 0 radical (unpaired) electrons. The molecule has 0 bridgehead atoms. The minimum absolute atomic E-state index is 0.167. The molecule has 5 rings (SSSR count). The molecule has 1 saturated heterocycles. The largest absolute Gasteiger partial charge is 0.484 e. The SMILES string of the molecule is CC(=O)N1CC(Oc2cccc(-c3c(C)n(Cc4c(F)cccc4C(F)(F)F)c(=O)n(CC(N)c4ccccc4)c3=O)c2F)C1. The van der Waals surface area contributed by atoms with Crippen molar-refractivity contribution in [2.75, 3.05) is 13.1 Å². The van der Waals surface area contributed by atoms with Crippen molar-refractivity contribution < 1.29 is 31.5 Å². The van der Waals surface area contributed by atoms with E-state index < -0.39 is 65.4 Å². The third kappa shape index (κ3) is 6.25. The predicted molar refractivity (Wildman–Crippen MR) is 156 cm³/mol. The summed E-state index contributed by atoms with van der Waals surface area (Å²) in [6.45, 7) is 1.83. The van der Waals surface area contributed by atoms with Gasteiger partial charge >= 0.3 is 11.9 Å². The van der Waals surface area contributed by atoms with Crippen molar-refractivity contribution in [3.63, 3.8) is 0 Å². The Balaban J connectivity index is 1.67. The fraction of sp³-hybridized carbons (Fsp3) is 0.281. The molecule has 2 N–H and O–H groups in total. The zero-order valence-corrected chi connectivity index (χ0v) is 24.3. The zero-order chi connectivity index (χ0) is 32.6. The summed E-state index contributed by atoms with van der Waals surface area (Å²) in [5.74, 6) is -2.55. The number of benzene rings is 3. The quantitative estimate of drug-likeness (QED) is 0.287. The van der Waals surface area contributed by atoms with Crippen LogP contribution in [-0.2, 0) is 24.1 Å². The van der Waals surface area contributed by atoms with Crippen LogP contribution in [0.4, 0.5) is 22.0 Å². The molecule has 13 heteroatoms.